The van der Waals surface area contributed by atoms with Gasteiger partial charge in [0.2, 0.25) is 0 Å². The maximum absolute atomic E-state index is 11.4. The van der Waals surface area contributed by atoms with Crippen molar-refractivity contribution >= 4 is 18.2 Å². The van der Waals surface area contributed by atoms with Crippen molar-refractivity contribution in [3.8, 4) is 0 Å². The van der Waals surface area contributed by atoms with Crippen molar-refractivity contribution in [1.29, 1.82) is 0 Å². The lowest BCUT2D eigenvalue weighted by Gasteiger charge is -2.29. The molecule has 4 atom stereocenters. The Balaban J connectivity index is 5.05. The molecule has 3 N–H and O–H groups in total. The van der Waals surface area contributed by atoms with Crippen LogP contribution in [0.5, 0.6) is 0 Å². The maximum Gasteiger partial charge on any atom is 0.306 e. The zero-order valence-electron chi connectivity index (χ0n) is 11.4. The lowest BCUT2D eigenvalue weighted by Crippen LogP contribution is -2.50. The van der Waals surface area contributed by atoms with Crippen LogP contribution in [-0.4, -0.2) is 64.6 Å². The number of aliphatic hydroxyl groups excluding tert-OH is 3. The molecule has 0 bridgehead atoms. The molecule has 0 rings (SSSR count). The average Bonchev–Trinajstić information content (AvgIpc) is 2.40. The van der Waals surface area contributed by atoms with Gasteiger partial charge in [-0.15, -0.1) is 0 Å². The lowest BCUT2D eigenvalue weighted by atomic mass is 10.0. The van der Waals surface area contributed by atoms with Crippen LogP contribution in [0.1, 0.15) is 26.7 Å². The summed E-state index contributed by atoms with van der Waals surface area (Å²) in [6.07, 6.45) is -5.88. The van der Waals surface area contributed by atoms with E-state index in [9.17, 15) is 24.6 Å². The van der Waals surface area contributed by atoms with Gasteiger partial charge in [0.05, 0.1) is 6.61 Å². The summed E-state index contributed by atoms with van der Waals surface area (Å²) in [7, 11) is 0. The van der Waals surface area contributed by atoms with E-state index in [1.165, 1.54) is 0 Å². The molecule has 0 aromatic rings. The maximum atomic E-state index is 11.4. The van der Waals surface area contributed by atoms with Crippen molar-refractivity contribution < 1.29 is 39.2 Å². The van der Waals surface area contributed by atoms with E-state index in [1.807, 2.05) is 0 Å². The van der Waals surface area contributed by atoms with Crippen LogP contribution >= 0.6 is 0 Å². The molecule has 0 spiro atoms. The number of carbonyl (C=O) groups is 3. The van der Waals surface area contributed by atoms with E-state index >= 15 is 0 Å². The summed E-state index contributed by atoms with van der Waals surface area (Å²) < 4.78 is 9.48. The quantitative estimate of drug-likeness (QED) is 0.347. The molecule has 0 saturated carbocycles. The molecular weight excluding hydrogens is 272 g/mol. The van der Waals surface area contributed by atoms with E-state index in [1.54, 1.807) is 6.92 Å². The van der Waals surface area contributed by atoms with Gasteiger partial charge in [0.15, 0.2) is 18.5 Å². The highest BCUT2D eigenvalue weighted by Crippen LogP contribution is 2.13. The Labute approximate surface area is 116 Å². The predicted octanol–water partition coefficient (Wildman–Crippen LogP) is -1.46. The van der Waals surface area contributed by atoms with Crippen LogP contribution in [0.3, 0.4) is 0 Å². The Hall–Kier alpha value is -1.51. The lowest BCUT2D eigenvalue weighted by molar-refractivity contribution is -0.184. The topological polar surface area (TPSA) is 130 Å². The molecule has 0 amide bonds. The van der Waals surface area contributed by atoms with Crippen LogP contribution in [-0.2, 0) is 23.9 Å². The SMILES string of the molecule is CCCC(=O)O[C@@H]([C@H](O)[C@H](O)CO)[C@H](C=O)OC(C)=O. The van der Waals surface area contributed by atoms with Gasteiger partial charge in [0, 0.05) is 13.3 Å². The fourth-order valence-corrected chi connectivity index (χ4v) is 1.44. The first-order valence-electron chi connectivity index (χ1n) is 6.16. The fraction of sp³-hybridized carbons (Fsp3) is 0.750. The number of hydrogen-bond donors (Lipinski definition) is 3. The second-order valence-corrected chi connectivity index (χ2v) is 4.16. The Morgan fingerprint density at radius 1 is 1.25 bits per heavy atom. The number of hydrogen-bond acceptors (Lipinski definition) is 8. The predicted molar refractivity (Wildman–Crippen MR) is 65.5 cm³/mol. The summed E-state index contributed by atoms with van der Waals surface area (Å²) >= 11 is 0. The van der Waals surface area contributed by atoms with Crippen LogP contribution in [0.2, 0.25) is 0 Å². The summed E-state index contributed by atoms with van der Waals surface area (Å²) in [4.78, 5) is 33.2. The Morgan fingerprint density at radius 3 is 2.25 bits per heavy atom. The number of aliphatic hydroxyl groups is 3. The zero-order valence-corrected chi connectivity index (χ0v) is 11.4. The monoisotopic (exact) mass is 292 g/mol. The Kier molecular flexibility index (Phi) is 8.69. The Bertz CT molecular complexity index is 329. The Morgan fingerprint density at radius 2 is 1.85 bits per heavy atom. The molecule has 20 heavy (non-hydrogen) atoms. The van der Waals surface area contributed by atoms with Gasteiger partial charge in [0.25, 0.3) is 0 Å². The van der Waals surface area contributed by atoms with Crippen molar-refractivity contribution in [2.24, 2.45) is 0 Å². The van der Waals surface area contributed by atoms with E-state index in [2.05, 4.69) is 4.74 Å². The molecule has 0 heterocycles. The fourth-order valence-electron chi connectivity index (χ4n) is 1.44. The van der Waals surface area contributed by atoms with E-state index < -0.39 is 43.0 Å². The second kappa shape index (κ2) is 9.40. The van der Waals surface area contributed by atoms with Crippen molar-refractivity contribution in [3.05, 3.63) is 0 Å². The molecule has 0 aliphatic rings. The third-order valence-corrected chi connectivity index (χ3v) is 2.40. The van der Waals surface area contributed by atoms with E-state index in [-0.39, 0.29) is 12.7 Å². The first kappa shape index (κ1) is 18.5. The number of ether oxygens (including phenoxy) is 2. The average molecular weight is 292 g/mol. The minimum atomic E-state index is -1.77. The van der Waals surface area contributed by atoms with E-state index in [0.717, 1.165) is 6.92 Å². The molecule has 0 unspecified atom stereocenters. The van der Waals surface area contributed by atoms with Crippen LogP contribution in [0.25, 0.3) is 0 Å². The first-order chi connectivity index (χ1) is 9.37. The molecule has 0 aromatic heterocycles. The van der Waals surface area contributed by atoms with Gasteiger partial charge >= 0.3 is 11.9 Å². The number of esters is 2. The third-order valence-electron chi connectivity index (χ3n) is 2.40. The molecule has 0 aliphatic carbocycles. The second-order valence-electron chi connectivity index (χ2n) is 4.16. The normalized spacial score (nSPS) is 16.6. The van der Waals surface area contributed by atoms with Gasteiger partial charge in [-0.25, -0.2) is 0 Å². The van der Waals surface area contributed by atoms with Gasteiger partial charge in [-0.3, -0.25) is 14.4 Å². The number of aldehydes is 1. The molecule has 8 heteroatoms. The van der Waals surface area contributed by atoms with Gasteiger partial charge in [-0.2, -0.15) is 0 Å². The minimum absolute atomic E-state index is 0.0318. The van der Waals surface area contributed by atoms with Crippen LogP contribution in [0.15, 0.2) is 0 Å². The molecule has 0 aromatic carbocycles. The molecule has 0 aliphatic heterocycles. The molecule has 0 fully saturated rings. The van der Waals surface area contributed by atoms with Crippen LogP contribution in [0.4, 0.5) is 0 Å². The first-order valence-corrected chi connectivity index (χ1v) is 6.16. The molecule has 8 nitrogen and oxygen atoms in total. The van der Waals surface area contributed by atoms with Crippen molar-refractivity contribution in [2.45, 2.75) is 51.1 Å². The van der Waals surface area contributed by atoms with Gasteiger partial charge in [-0.1, -0.05) is 6.92 Å². The van der Waals surface area contributed by atoms with Gasteiger partial charge in [-0.05, 0) is 6.42 Å². The largest absolute Gasteiger partial charge is 0.455 e. The van der Waals surface area contributed by atoms with Gasteiger partial charge in [0.1, 0.15) is 12.2 Å². The summed E-state index contributed by atoms with van der Waals surface area (Å²) in [6.45, 7) is 1.95. The highest BCUT2D eigenvalue weighted by Gasteiger charge is 2.37. The zero-order chi connectivity index (χ0) is 15.7. The number of rotatable bonds is 9. The van der Waals surface area contributed by atoms with Crippen molar-refractivity contribution in [3.63, 3.8) is 0 Å². The van der Waals surface area contributed by atoms with Gasteiger partial charge < -0.3 is 24.8 Å². The van der Waals surface area contributed by atoms with Crippen LogP contribution in [0, 0.1) is 0 Å². The third kappa shape index (κ3) is 6.09. The summed E-state index contributed by atoms with van der Waals surface area (Å²) in [6, 6.07) is 0. The molecular formula is C12H20O8. The molecule has 0 radical (unpaired) electrons. The summed E-state index contributed by atoms with van der Waals surface area (Å²) in [5.41, 5.74) is 0. The van der Waals surface area contributed by atoms with E-state index in [4.69, 9.17) is 9.84 Å². The smallest absolute Gasteiger partial charge is 0.306 e. The molecule has 116 valence electrons. The summed E-state index contributed by atoms with van der Waals surface area (Å²) in [5.74, 6) is -1.54. The van der Waals surface area contributed by atoms with Crippen molar-refractivity contribution in [1.82, 2.24) is 0 Å². The standard InChI is InChI=1S/C12H20O8/c1-3-4-10(17)20-12(11(18)8(16)5-13)9(6-14)19-7(2)15/h6,8-9,11-13,16,18H,3-5H2,1-2H3/t8-,9+,11-,12-/m1/s1. The highest BCUT2D eigenvalue weighted by molar-refractivity contribution is 5.72. The summed E-state index contributed by atoms with van der Waals surface area (Å²) in [5, 5.41) is 27.9. The van der Waals surface area contributed by atoms with Crippen molar-refractivity contribution in [2.75, 3.05) is 6.61 Å². The van der Waals surface area contributed by atoms with E-state index in [0.29, 0.717) is 6.42 Å². The highest BCUT2D eigenvalue weighted by atomic mass is 16.6. The number of carbonyl (C=O) groups excluding carboxylic acids is 3. The minimum Gasteiger partial charge on any atom is -0.455 e. The molecule has 0 saturated heterocycles. The van der Waals surface area contributed by atoms with Crippen LogP contribution < -0.4 is 0 Å².